The van der Waals surface area contributed by atoms with Gasteiger partial charge in [0.25, 0.3) is 0 Å². The summed E-state index contributed by atoms with van der Waals surface area (Å²) in [6.07, 6.45) is 1.41. The van der Waals surface area contributed by atoms with Crippen LogP contribution in [0.15, 0.2) is 36.5 Å². The van der Waals surface area contributed by atoms with Crippen LogP contribution in [0.4, 0.5) is 20.3 Å². The van der Waals surface area contributed by atoms with Gasteiger partial charge in [-0.2, -0.15) is 5.26 Å². The third kappa shape index (κ3) is 2.55. The van der Waals surface area contributed by atoms with Crippen molar-refractivity contribution < 1.29 is 8.78 Å². The molecule has 0 saturated heterocycles. The quantitative estimate of drug-likeness (QED) is 0.864. The van der Waals surface area contributed by atoms with Crippen molar-refractivity contribution in [3.63, 3.8) is 0 Å². The molecule has 0 spiro atoms. The van der Waals surface area contributed by atoms with E-state index in [0.717, 1.165) is 18.2 Å². The second kappa shape index (κ2) is 4.58. The van der Waals surface area contributed by atoms with Gasteiger partial charge in [0.2, 0.25) is 0 Å². The molecule has 0 atom stereocenters. The van der Waals surface area contributed by atoms with Gasteiger partial charge in [0, 0.05) is 12.3 Å². The van der Waals surface area contributed by atoms with Gasteiger partial charge < -0.3 is 5.32 Å². The molecule has 1 N–H and O–H groups in total. The molecule has 0 saturated carbocycles. The highest BCUT2D eigenvalue weighted by Gasteiger charge is 2.05. The van der Waals surface area contributed by atoms with Crippen LogP contribution in [0.5, 0.6) is 0 Å². The molecule has 17 heavy (non-hydrogen) atoms. The molecule has 2 rings (SSSR count). The predicted octanol–water partition coefficient (Wildman–Crippen LogP) is 2.98. The first-order valence-corrected chi connectivity index (χ1v) is 4.77. The normalized spacial score (nSPS) is 9.71. The van der Waals surface area contributed by atoms with Gasteiger partial charge in [-0.1, -0.05) is 0 Å². The molecule has 0 aliphatic heterocycles. The van der Waals surface area contributed by atoms with Gasteiger partial charge in [0.05, 0.1) is 17.3 Å². The summed E-state index contributed by atoms with van der Waals surface area (Å²) >= 11 is 0. The molecular formula is C12H7F2N3. The highest BCUT2D eigenvalue weighted by molar-refractivity contribution is 5.58. The van der Waals surface area contributed by atoms with Crippen molar-refractivity contribution in [2.75, 3.05) is 5.32 Å². The summed E-state index contributed by atoms with van der Waals surface area (Å²) in [5.41, 5.74) is 0.368. The third-order valence-corrected chi connectivity index (χ3v) is 2.08. The standard InChI is InChI=1S/C12H7F2N3/c13-9-1-2-10(14)11(6-9)17-12-5-8(7-15)3-4-16-12/h1-6H,(H,16,17). The first-order valence-electron chi connectivity index (χ1n) is 4.77. The molecular weight excluding hydrogens is 224 g/mol. The molecule has 0 unspecified atom stereocenters. The second-order valence-electron chi connectivity index (χ2n) is 3.29. The number of hydrogen-bond donors (Lipinski definition) is 1. The molecule has 5 heteroatoms. The summed E-state index contributed by atoms with van der Waals surface area (Å²) in [5.74, 6) is -0.852. The number of halogens is 2. The zero-order valence-electron chi connectivity index (χ0n) is 8.61. The lowest BCUT2D eigenvalue weighted by Crippen LogP contribution is -1.97. The summed E-state index contributed by atoms with van der Waals surface area (Å²) in [6, 6.07) is 7.97. The number of nitrogens with one attached hydrogen (secondary N) is 1. The Morgan fingerprint density at radius 2 is 2.00 bits per heavy atom. The smallest absolute Gasteiger partial charge is 0.146 e. The van der Waals surface area contributed by atoms with E-state index >= 15 is 0 Å². The van der Waals surface area contributed by atoms with Gasteiger partial charge in [-0.05, 0) is 24.3 Å². The fourth-order valence-electron chi connectivity index (χ4n) is 1.30. The Labute approximate surface area is 96.3 Å². The minimum absolute atomic E-state index is 0.0208. The maximum atomic E-state index is 13.3. The number of anilines is 2. The Kier molecular flexibility index (Phi) is 2.97. The lowest BCUT2D eigenvalue weighted by molar-refractivity contribution is 0.603. The average Bonchev–Trinajstić information content (AvgIpc) is 2.34. The molecule has 84 valence electrons. The van der Waals surface area contributed by atoms with E-state index in [1.165, 1.54) is 18.3 Å². The van der Waals surface area contributed by atoms with Gasteiger partial charge in [0.15, 0.2) is 0 Å². The minimum Gasteiger partial charge on any atom is -0.338 e. The van der Waals surface area contributed by atoms with Gasteiger partial charge in [-0.15, -0.1) is 0 Å². The monoisotopic (exact) mass is 231 g/mol. The molecule has 0 bridgehead atoms. The van der Waals surface area contributed by atoms with E-state index < -0.39 is 11.6 Å². The maximum Gasteiger partial charge on any atom is 0.146 e. The van der Waals surface area contributed by atoms with E-state index in [1.54, 1.807) is 0 Å². The van der Waals surface area contributed by atoms with Crippen molar-refractivity contribution in [2.24, 2.45) is 0 Å². The second-order valence-corrected chi connectivity index (χ2v) is 3.29. The Balaban J connectivity index is 2.31. The lowest BCUT2D eigenvalue weighted by atomic mass is 10.2. The number of benzene rings is 1. The highest BCUT2D eigenvalue weighted by Crippen LogP contribution is 2.19. The van der Waals surface area contributed by atoms with E-state index in [0.29, 0.717) is 5.56 Å². The van der Waals surface area contributed by atoms with E-state index in [-0.39, 0.29) is 11.5 Å². The van der Waals surface area contributed by atoms with Crippen LogP contribution >= 0.6 is 0 Å². The Hall–Kier alpha value is -2.48. The maximum absolute atomic E-state index is 13.3. The first-order chi connectivity index (χ1) is 8.19. The number of pyridine rings is 1. The van der Waals surface area contributed by atoms with E-state index in [4.69, 9.17) is 5.26 Å². The molecule has 0 aliphatic carbocycles. The Morgan fingerprint density at radius 3 is 2.76 bits per heavy atom. The van der Waals surface area contributed by atoms with Crippen molar-refractivity contribution in [3.05, 3.63) is 53.7 Å². The molecule has 0 aliphatic rings. The third-order valence-electron chi connectivity index (χ3n) is 2.08. The summed E-state index contributed by atoms with van der Waals surface area (Å²) < 4.78 is 26.2. The van der Waals surface area contributed by atoms with Crippen molar-refractivity contribution in [2.45, 2.75) is 0 Å². The highest BCUT2D eigenvalue weighted by atomic mass is 19.1. The van der Waals surface area contributed by atoms with Gasteiger partial charge in [-0.3, -0.25) is 0 Å². The molecule has 1 aromatic carbocycles. The topological polar surface area (TPSA) is 48.7 Å². The average molecular weight is 231 g/mol. The van der Waals surface area contributed by atoms with Crippen LogP contribution in [0.25, 0.3) is 0 Å². The van der Waals surface area contributed by atoms with Crippen LogP contribution < -0.4 is 5.32 Å². The van der Waals surface area contributed by atoms with Gasteiger partial charge >= 0.3 is 0 Å². The molecule has 0 amide bonds. The molecule has 2 aromatic rings. The summed E-state index contributed by atoms with van der Waals surface area (Å²) in [6.45, 7) is 0. The number of rotatable bonds is 2. The van der Waals surface area contributed by atoms with E-state index in [1.807, 2.05) is 6.07 Å². The largest absolute Gasteiger partial charge is 0.338 e. The summed E-state index contributed by atoms with van der Waals surface area (Å²) in [4.78, 5) is 3.90. The SMILES string of the molecule is N#Cc1ccnc(Nc2cc(F)ccc2F)c1. The van der Waals surface area contributed by atoms with Crippen LogP contribution in [0, 0.1) is 23.0 Å². The van der Waals surface area contributed by atoms with Gasteiger partial charge in [-0.25, -0.2) is 13.8 Å². The molecule has 1 heterocycles. The van der Waals surface area contributed by atoms with Crippen LogP contribution in [-0.2, 0) is 0 Å². The fourth-order valence-corrected chi connectivity index (χ4v) is 1.30. The number of nitrogens with zero attached hydrogens (tertiary/aromatic N) is 2. The molecule has 0 fully saturated rings. The molecule has 0 radical (unpaired) electrons. The zero-order chi connectivity index (χ0) is 12.3. The van der Waals surface area contributed by atoms with Gasteiger partial charge in [0.1, 0.15) is 17.5 Å². The lowest BCUT2D eigenvalue weighted by Gasteiger charge is -2.06. The summed E-state index contributed by atoms with van der Waals surface area (Å²) in [7, 11) is 0. The summed E-state index contributed by atoms with van der Waals surface area (Å²) in [5, 5.41) is 11.3. The molecule has 1 aromatic heterocycles. The van der Waals surface area contributed by atoms with Crippen LogP contribution in [0.3, 0.4) is 0 Å². The minimum atomic E-state index is -0.587. The zero-order valence-corrected chi connectivity index (χ0v) is 8.61. The number of nitriles is 1. The van der Waals surface area contributed by atoms with E-state index in [2.05, 4.69) is 10.3 Å². The Bertz CT molecular complexity index is 591. The first kappa shape index (κ1) is 11.0. The van der Waals surface area contributed by atoms with Crippen LogP contribution in [-0.4, -0.2) is 4.98 Å². The van der Waals surface area contributed by atoms with Crippen LogP contribution in [0.1, 0.15) is 5.56 Å². The van der Waals surface area contributed by atoms with Crippen molar-refractivity contribution in [1.29, 1.82) is 5.26 Å². The predicted molar refractivity (Wildman–Crippen MR) is 58.6 cm³/mol. The van der Waals surface area contributed by atoms with E-state index in [9.17, 15) is 8.78 Å². The van der Waals surface area contributed by atoms with Crippen molar-refractivity contribution >= 4 is 11.5 Å². The number of hydrogen-bond acceptors (Lipinski definition) is 3. The van der Waals surface area contributed by atoms with Crippen molar-refractivity contribution in [1.82, 2.24) is 4.98 Å². The van der Waals surface area contributed by atoms with Crippen LogP contribution in [0.2, 0.25) is 0 Å². The fraction of sp³-hybridized carbons (Fsp3) is 0. The Morgan fingerprint density at radius 1 is 1.18 bits per heavy atom. The molecule has 3 nitrogen and oxygen atoms in total. The number of aromatic nitrogens is 1. The van der Waals surface area contributed by atoms with Crippen molar-refractivity contribution in [3.8, 4) is 6.07 Å².